The molecule has 5 heteroatoms. The largest absolute Gasteiger partial charge is 0.324 e. The minimum Gasteiger partial charge on any atom is -0.322 e. The van der Waals surface area contributed by atoms with E-state index in [1.807, 2.05) is 0 Å². The zero-order valence-electron chi connectivity index (χ0n) is 7.59. The van der Waals surface area contributed by atoms with E-state index < -0.39 is 5.54 Å². The summed E-state index contributed by atoms with van der Waals surface area (Å²) in [6.45, 7) is 1.48. The van der Waals surface area contributed by atoms with Crippen LogP contribution in [0.3, 0.4) is 0 Å². The van der Waals surface area contributed by atoms with Crippen LogP contribution in [0.15, 0.2) is 0 Å². The first-order valence-electron chi connectivity index (χ1n) is 4.47. The number of hydrogen-bond acceptors (Lipinski definition) is 3. The van der Waals surface area contributed by atoms with E-state index in [0.29, 0.717) is 6.54 Å². The molecule has 0 unspecified atom stereocenters. The lowest BCUT2D eigenvalue weighted by atomic mass is 9.90. The van der Waals surface area contributed by atoms with Crippen molar-refractivity contribution in [2.45, 2.75) is 18.4 Å². The van der Waals surface area contributed by atoms with E-state index in [1.165, 1.54) is 7.05 Å². The van der Waals surface area contributed by atoms with Crippen molar-refractivity contribution in [2.24, 2.45) is 0 Å². The number of rotatable bonds is 0. The molecule has 0 aromatic carbocycles. The van der Waals surface area contributed by atoms with Crippen LogP contribution < -0.4 is 10.6 Å². The molecule has 0 radical (unpaired) electrons. The molecule has 1 spiro atoms. The van der Waals surface area contributed by atoms with Crippen molar-refractivity contribution in [3.63, 3.8) is 0 Å². The molecule has 5 nitrogen and oxygen atoms in total. The molecule has 13 heavy (non-hydrogen) atoms. The molecule has 0 aromatic heterocycles. The molecule has 2 heterocycles. The number of likely N-dealkylation sites (N-methyl/N-ethyl adjacent to an activating group) is 1. The van der Waals surface area contributed by atoms with Gasteiger partial charge in [0.15, 0.2) is 0 Å². The fourth-order valence-electron chi connectivity index (χ4n) is 1.95. The third-order valence-corrected chi connectivity index (χ3v) is 2.75. The smallest absolute Gasteiger partial charge is 0.322 e. The molecule has 2 N–H and O–H groups in total. The molecule has 2 fully saturated rings. The van der Waals surface area contributed by atoms with Gasteiger partial charge in [0.2, 0.25) is 0 Å². The number of urea groups is 1. The van der Waals surface area contributed by atoms with Gasteiger partial charge in [-0.05, 0) is 19.4 Å². The van der Waals surface area contributed by atoms with E-state index in [4.69, 9.17) is 0 Å². The summed E-state index contributed by atoms with van der Waals surface area (Å²) in [6.07, 6.45) is 1.68. The molecule has 2 saturated heterocycles. The highest BCUT2D eigenvalue weighted by molar-refractivity contribution is 6.07. The van der Waals surface area contributed by atoms with Crippen molar-refractivity contribution in [2.75, 3.05) is 20.1 Å². The first-order valence-corrected chi connectivity index (χ1v) is 4.47. The van der Waals surface area contributed by atoms with Crippen LogP contribution >= 0.6 is 0 Å². The third kappa shape index (κ3) is 1.11. The molecule has 0 aromatic rings. The minimum atomic E-state index is -0.649. The van der Waals surface area contributed by atoms with Gasteiger partial charge >= 0.3 is 6.03 Å². The standard InChI is InChI=1S/C8H13N3O2/c1-11-6(12)8(10-7(11)13)3-2-4-9-5-8/h9H,2-5H2,1H3,(H,10,13)/t8-/m0/s1. The van der Waals surface area contributed by atoms with Crippen LogP contribution in [0.5, 0.6) is 0 Å². The number of hydrogen-bond donors (Lipinski definition) is 2. The van der Waals surface area contributed by atoms with Crippen molar-refractivity contribution in [3.8, 4) is 0 Å². The second-order valence-corrected chi connectivity index (χ2v) is 3.66. The number of amides is 3. The van der Waals surface area contributed by atoms with Crippen molar-refractivity contribution < 1.29 is 9.59 Å². The molecular weight excluding hydrogens is 170 g/mol. The van der Waals surface area contributed by atoms with Gasteiger partial charge in [-0.3, -0.25) is 9.69 Å². The van der Waals surface area contributed by atoms with Gasteiger partial charge in [0.25, 0.3) is 5.91 Å². The lowest BCUT2D eigenvalue weighted by Crippen LogP contribution is -2.57. The van der Waals surface area contributed by atoms with E-state index in [1.54, 1.807) is 0 Å². The lowest BCUT2D eigenvalue weighted by Gasteiger charge is -2.30. The highest BCUT2D eigenvalue weighted by atomic mass is 16.2. The quantitative estimate of drug-likeness (QED) is 0.488. The monoisotopic (exact) mass is 183 g/mol. The Morgan fingerprint density at radius 2 is 2.23 bits per heavy atom. The average molecular weight is 183 g/mol. The molecular formula is C8H13N3O2. The van der Waals surface area contributed by atoms with E-state index in [9.17, 15) is 9.59 Å². The van der Waals surface area contributed by atoms with Crippen LogP contribution in [0.4, 0.5) is 4.79 Å². The average Bonchev–Trinajstić information content (AvgIpc) is 2.33. The second kappa shape index (κ2) is 2.70. The van der Waals surface area contributed by atoms with E-state index in [0.717, 1.165) is 24.3 Å². The lowest BCUT2D eigenvalue weighted by molar-refractivity contribution is -0.130. The van der Waals surface area contributed by atoms with Crippen molar-refractivity contribution >= 4 is 11.9 Å². The van der Waals surface area contributed by atoms with E-state index in [-0.39, 0.29) is 11.9 Å². The van der Waals surface area contributed by atoms with Gasteiger partial charge in [0, 0.05) is 13.6 Å². The normalized spacial score (nSPS) is 34.1. The molecule has 2 aliphatic heterocycles. The molecule has 1 atom stereocenters. The summed E-state index contributed by atoms with van der Waals surface area (Å²) in [6, 6.07) is -0.284. The molecule has 0 aliphatic carbocycles. The Morgan fingerprint density at radius 3 is 2.69 bits per heavy atom. The number of nitrogens with zero attached hydrogens (tertiary/aromatic N) is 1. The molecule has 0 saturated carbocycles. The maximum absolute atomic E-state index is 11.7. The maximum atomic E-state index is 11.7. The molecule has 72 valence electrons. The molecule has 3 amide bonds. The summed E-state index contributed by atoms with van der Waals surface area (Å²) < 4.78 is 0. The highest BCUT2D eigenvalue weighted by Gasteiger charge is 2.49. The van der Waals surface area contributed by atoms with Crippen LogP contribution in [0, 0.1) is 0 Å². The van der Waals surface area contributed by atoms with Gasteiger partial charge in [0.05, 0.1) is 0 Å². The van der Waals surface area contributed by atoms with Crippen molar-refractivity contribution in [1.82, 2.24) is 15.5 Å². The summed E-state index contributed by atoms with van der Waals surface area (Å²) in [7, 11) is 1.51. The van der Waals surface area contributed by atoms with Gasteiger partial charge in [0.1, 0.15) is 5.54 Å². The molecule has 2 aliphatic rings. The van der Waals surface area contributed by atoms with Crippen LogP contribution in [-0.4, -0.2) is 42.5 Å². The Balaban J connectivity index is 2.23. The predicted molar refractivity (Wildman–Crippen MR) is 46.1 cm³/mol. The summed E-state index contributed by atoms with van der Waals surface area (Å²) in [5.41, 5.74) is -0.649. The molecule has 2 rings (SSSR count). The van der Waals surface area contributed by atoms with Crippen LogP contribution in [0.25, 0.3) is 0 Å². The summed E-state index contributed by atoms with van der Waals surface area (Å²) in [5, 5.41) is 5.87. The van der Waals surface area contributed by atoms with Gasteiger partial charge in [-0.25, -0.2) is 4.79 Å². The predicted octanol–water partition coefficient (Wildman–Crippen LogP) is -0.710. The van der Waals surface area contributed by atoms with E-state index in [2.05, 4.69) is 10.6 Å². The second-order valence-electron chi connectivity index (χ2n) is 3.66. The third-order valence-electron chi connectivity index (χ3n) is 2.75. The van der Waals surface area contributed by atoms with Crippen LogP contribution in [0.1, 0.15) is 12.8 Å². The number of carbonyl (C=O) groups is 2. The summed E-state index contributed by atoms with van der Waals surface area (Å²) in [5.74, 6) is -0.107. The zero-order valence-corrected chi connectivity index (χ0v) is 7.59. The topological polar surface area (TPSA) is 61.4 Å². The van der Waals surface area contributed by atoms with Gasteiger partial charge in [-0.2, -0.15) is 0 Å². The zero-order chi connectivity index (χ0) is 9.47. The van der Waals surface area contributed by atoms with Crippen LogP contribution in [-0.2, 0) is 4.79 Å². The summed E-state index contributed by atoms with van der Waals surface area (Å²) >= 11 is 0. The molecule has 0 bridgehead atoms. The fraction of sp³-hybridized carbons (Fsp3) is 0.750. The van der Waals surface area contributed by atoms with E-state index >= 15 is 0 Å². The summed E-state index contributed by atoms with van der Waals surface area (Å²) in [4.78, 5) is 24.1. The minimum absolute atomic E-state index is 0.107. The highest BCUT2D eigenvalue weighted by Crippen LogP contribution is 2.23. The number of piperidine rings is 1. The van der Waals surface area contributed by atoms with Gasteiger partial charge < -0.3 is 10.6 Å². The van der Waals surface area contributed by atoms with Crippen molar-refractivity contribution in [3.05, 3.63) is 0 Å². The Labute approximate surface area is 76.5 Å². The Bertz CT molecular complexity index is 258. The van der Waals surface area contributed by atoms with Gasteiger partial charge in [-0.15, -0.1) is 0 Å². The Morgan fingerprint density at radius 1 is 1.46 bits per heavy atom. The maximum Gasteiger partial charge on any atom is 0.324 e. The first-order chi connectivity index (χ1) is 6.16. The van der Waals surface area contributed by atoms with Gasteiger partial charge in [-0.1, -0.05) is 0 Å². The number of nitrogens with one attached hydrogen (secondary N) is 2. The fourth-order valence-corrected chi connectivity index (χ4v) is 1.95. The number of imide groups is 1. The first kappa shape index (κ1) is 8.50. The Kier molecular flexibility index (Phi) is 1.76. The number of carbonyl (C=O) groups excluding carboxylic acids is 2. The Hall–Kier alpha value is -1.10. The van der Waals surface area contributed by atoms with Crippen LogP contribution in [0.2, 0.25) is 0 Å². The SMILES string of the molecule is CN1C(=O)N[C@]2(CCCNC2)C1=O. The van der Waals surface area contributed by atoms with Crippen molar-refractivity contribution in [1.29, 1.82) is 0 Å².